The fourth-order valence-corrected chi connectivity index (χ4v) is 3.75. The fraction of sp³-hybridized carbons (Fsp3) is 0.917. The summed E-state index contributed by atoms with van der Waals surface area (Å²) in [6, 6.07) is 0. The average molecular weight is 212 g/mol. The van der Waals surface area contributed by atoms with Gasteiger partial charge in [-0.15, -0.1) is 0 Å². The van der Waals surface area contributed by atoms with Crippen molar-refractivity contribution in [3.63, 3.8) is 0 Å². The summed E-state index contributed by atoms with van der Waals surface area (Å²) in [6.45, 7) is 4.58. The van der Waals surface area contributed by atoms with Crippen LogP contribution in [0.15, 0.2) is 0 Å². The maximum atomic E-state index is 10.6. The molecule has 2 aliphatic carbocycles. The zero-order valence-corrected chi connectivity index (χ0v) is 9.39. The molecule has 3 heteroatoms. The number of carboxylic acid groups (broad SMARTS) is 1. The zero-order valence-electron chi connectivity index (χ0n) is 9.39. The molecule has 0 heterocycles. The van der Waals surface area contributed by atoms with Gasteiger partial charge in [-0.1, -0.05) is 13.8 Å². The van der Waals surface area contributed by atoms with Gasteiger partial charge >= 0.3 is 5.97 Å². The van der Waals surface area contributed by atoms with E-state index in [1.807, 2.05) is 0 Å². The summed E-state index contributed by atoms with van der Waals surface area (Å²) in [5.41, 5.74) is 0. The monoisotopic (exact) mass is 212 g/mol. The van der Waals surface area contributed by atoms with Crippen LogP contribution in [0.5, 0.6) is 0 Å². The van der Waals surface area contributed by atoms with Gasteiger partial charge in [0.05, 0.1) is 0 Å². The van der Waals surface area contributed by atoms with Crippen molar-refractivity contribution >= 4 is 5.97 Å². The maximum Gasteiger partial charge on any atom is 0.332 e. The molecule has 0 amide bonds. The summed E-state index contributed by atoms with van der Waals surface area (Å²) in [5, 5.41) is 18.0. The second-order valence-corrected chi connectivity index (χ2v) is 5.46. The van der Waals surface area contributed by atoms with Crippen molar-refractivity contribution in [1.82, 2.24) is 0 Å². The van der Waals surface area contributed by atoms with Gasteiger partial charge in [0.15, 0.2) is 6.10 Å². The van der Waals surface area contributed by atoms with Crippen molar-refractivity contribution in [1.29, 1.82) is 0 Å². The van der Waals surface area contributed by atoms with E-state index in [-0.39, 0.29) is 0 Å². The van der Waals surface area contributed by atoms with Crippen molar-refractivity contribution in [2.45, 2.75) is 39.2 Å². The molecule has 6 atom stereocenters. The predicted molar refractivity (Wildman–Crippen MR) is 56.3 cm³/mol. The number of carboxylic acids is 1. The largest absolute Gasteiger partial charge is 0.479 e. The van der Waals surface area contributed by atoms with Crippen LogP contribution in [0.4, 0.5) is 0 Å². The Labute approximate surface area is 90.5 Å². The van der Waals surface area contributed by atoms with E-state index in [4.69, 9.17) is 5.11 Å². The molecule has 2 saturated carbocycles. The van der Waals surface area contributed by atoms with Gasteiger partial charge in [0.2, 0.25) is 0 Å². The lowest BCUT2D eigenvalue weighted by Gasteiger charge is -2.32. The lowest BCUT2D eigenvalue weighted by molar-refractivity contribution is -0.147. The molecule has 3 nitrogen and oxygen atoms in total. The lowest BCUT2D eigenvalue weighted by atomic mass is 9.74. The zero-order chi connectivity index (χ0) is 11.2. The highest BCUT2D eigenvalue weighted by Gasteiger charge is 2.49. The molecule has 2 rings (SSSR count). The number of aliphatic carboxylic acids is 1. The van der Waals surface area contributed by atoms with E-state index in [1.54, 1.807) is 0 Å². The van der Waals surface area contributed by atoms with Crippen LogP contribution in [0, 0.1) is 29.6 Å². The van der Waals surface area contributed by atoms with Crippen LogP contribution in [-0.2, 0) is 4.79 Å². The van der Waals surface area contributed by atoms with E-state index in [1.165, 1.54) is 6.42 Å². The highest BCUT2D eigenvalue weighted by atomic mass is 16.4. The van der Waals surface area contributed by atoms with Gasteiger partial charge in [-0.25, -0.2) is 4.79 Å². The predicted octanol–water partition coefficient (Wildman–Crippen LogP) is 1.75. The third-order valence-electron chi connectivity index (χ3n) is 4.85. The SMILES string of the molecule is CC1C2CC(CC(O)C(=O)O)C(C2)C1C. The number of hydrogen-bond acceptors (Lipinski definition) is 2. The standard InChI is InChI=1S/C12H20O3/c1-6-7(2)10-4-8(6)3-9(10)5-11(13)12(14)15/h6-11,13H,3-5H2,1-2H3,(H,14,15). The molecule has 86 valence electrons. The highest BCUT2D eigenvalue weighted by molar-refractivity contribution is 5.71. The molecule has 0 aromatic carbocycles. The van der Waals surface area contributed by atoms with E-state index < -0.39 is 12.1 Å². The summed E-state index contributed by atoms with van der Waals surface area (Å²) in [5.74, 6) is 2.28. The minimum Gasteiger partial charge on any atom is -0.479 e. The minimum atomic E-state index is -1.16. The van der Waals surface area contributed by atoms with Gasteiger partial charge in [-0.3, -0.25) is 0 Å². The Morgan fingerprint density at radius 2 is 2.00 bits per heavy atom. The first-order chi connectivity index (χ1) is 7.00. The summed E-state index contributed by atoms with van der Waals surface area (Å²) in [6.07, 6.45) is 1.67. The third-order valence-corrected chi connectivity index (χ3v) is 4.85. The average Bonchev–Trinajstić information content (AvgIpc) is 2.68. The molecule has 15 heavy (non-hydrogen) atoms. The van der Waals surface area contributed by atoms with Crippen LogP contribution in [0.25, 0.3) is 0 Å². The second kappa shape index (κ2) is 3.78. The number of aliphatic hydroxyl groups is 1. The maximum absolute atomic E-state index is 10.6. The Kier molecular flexibility index (Phi) is 2.75. The molecule has 0 aliphatic heterocycles. The normalized spacial score (nSPS) is 45.7. The molecule has 0 aromatic rings. The van der Waals surface area contributed by atoms with Gasteiger partial charge in [0.1, 0.15) is 0 Å². The van der Waals surface area contributed by atoms with E-state index in [9.17, 15) is 9.90 Å². The number of fused-ring (bicyclic) bond motifs is 2. The fourth-order valence-electron chi connectivity index (χ4n) is 3.75. The Morgan fingerprint density at radius 3 is 2.47 bits per heavy atom. The molecule has 0 spiro atoms. The molecule has 0 aromatic heterocycles. The van der Waals surface area contributed by atoms with Crippen LogP contribution >= 0.6 is 0 Å². The smallest absolute Gasteiger partial charge is 0.332 e. The summed E-state index contributed by atoms with van der Waals surface area (Å²) in [7, 11) is 0. The minimum absolute atomic E-state index is 0.437. The van der Waals surface area contributed by atoms with E-state index in [0.717, 1.165) is 18.3 Å². The van der Waals surface area contributed by atoms with Crippen LogP contribution in [0.3, 0.4) is 0 Å². The highest BCUT2D eigenvalue weighted by Crippen LogP contribution is 2.56. The summed E-state index contributed by atoms with van der Waals surface area (Å²) in [4.78, 5) is 10.6. The molecular weight excluding hydrogens is 192 g/mol. The first-order valence-corrected chi connectivity index (χ1v) is 5.91. The molecule has 2 bridgehead atoms. The van der Waals surface area contributed by atoms with Crippen LogP contribution < -0.4 is 0 Å². The number of hydrogen-bond donors (Lipinski definition) is 2. The van der Waals surface area contributed by atoms with Crippen LogP contribution in [0.2, 0.25) is 0 Å². The number of rotatable bonds is 3. The third kappa shape index (κ3) is 1.78. The lowest BCUT2D eigenvalue weighted by Crippen LogP contribution is -2.30. The Hall–Kier alpha value is -0.570. The summed E-state index contributed by atoms with van der Waals surface area (Å²) >= 11 is 0. The molecule has 2 fully saturated rings. The number of carbonyl (C=O) groups is 1. The van der Waals surface area contributed by atoms with Crippen LogP contribution in [-0.4, -0.2) is 22.3 Å². The molecule has 2 N–H and O–H groups in total. The van der Waals surface area contributed by atoms with Crippen molar-refractivity contribution in [2.75, 3.05) is 0 Å². The molecule has 0 radical (unpaired) electrons. The first kappa shape index (κ1) is 10.9. The van der Waals surface area contributed by atoms with Crippen LogP contribution in [0.1, 0.15) is 33.1 Å². The number of aliphatic hydroxyl groups excluding tert-OH is 1. The van der Waals surface area contributed by atoms with Crippen molar-refractivity contribution < 1.29 is 15.0 Å². The van der Waals surface area contributed by atoms with Gasteiger partial charge < -0.3 is 10.2 Å². The van der Waals surface area contributed by atoms with Crippen molar-refractivity contribution in [3.8, 4) is 0 Å². The molecule has 2 aliphatic rings. The van der Waals surface area contributed by atoms with Gasteiger partial charge in [0.25, 0.3) is 0 Å². The Balaban J connectivity index is 1.95. The Morgan fingerprint density at radius 1 is 1.33 bits per heavy atom. The quantitative estimate of drug-likeness (QED) is 0.749. The van der Waals surface area contributed by atoms with Gasteiger partial charge in [-0.2, -0.15) is 0 Å². The second-order valence-electron chi connectivity index (χ2n) is 5.46. The van der Waals surface area contributed by atoms with E-state index >= 15 is 0 Å². The molecule has 6 unspecified atom stereocenters. The van der Waals surface area contributed by atoms with Gasteiger partial charge in [0, 0.05) is 0 Å². The van der Waals surface area contributed by atoms with E-state index in [0.29, 0.717) is 24.2 Å². The molecule has 0 saturated heterocycles. The Bertz CT molecular complexity index is 262. The van der Waals surface area contributed by atoms with Crippen molar-refractivity contribution in [2.24, 2.45) is 29.6 Å². The molecular formula is C12H20O3. The first-order valence-electron chi connectivity index (χ1n) is 5.91. The van der Waals surface area contributed by atoms with Crippen molar-refractivity contribution in [3.05, 3.63) is 0 Å². The van der Waals surface area contributed by atoms with E-state index in [2.05, 4.69) is 13.8 Å². The van der Waals surface area contributed by atoms with Gasteiger partial charge in [-0.05, 0) is 48.9 Å². The topological polar surface area (TPSA) is 57.5 Å². The summed E-state index contributed by atoms with van der Waals surface area (Å²) < 4.78 is 0.